The number of amides is 2. The first-order chi connectivity index (χ1) is 9.59. The van der Waals surface area contributed by atoms with Crippen LogP contribution in [0.3, 0.4) is 0 Å². The molecule has 0 saturated carbocycles. The van der Waals surface area contributed by atoms with Crippen molar-refractivity contribution < 1.29 is 14.3 Å². The van der Waals surface area contributed by atoms with E-state index in [-0.39, 0.29) is 17.7 Å². The van der Waals surface area contributed by atoms with E-state index in [1.807, 2.05) is 24.3 Å². The number of nitrogens with one attached hydrogen (secondary N) is 1. The molecule has 0 atom stereocenters. The molecule has 1 saturated heterocycles. The lowest BCUT2D eigenvalue weighted by Crippen LogP contribution is -2.30. The Bertz CT molecular complexity index is 496. The first-order valence-electron chi connectivity index (χ1n) is 6.81. The van der Waals surface area contributed by atoms with E-state index in [4.69, 9.17) is 4.74 Å². The second-order valence-electron chi connectivity index (χ2n) is 4.97. The van der Waals surface area contributed by atoms with Gasteiger partial charge in [-0.15, -0.1) is 0 Å². The van der Waals surface area contributed by atoms with Gasteiger partial charge in [0.15, 0.2) is 0 Å². The van der Waals surface area contributed by atoms with Crippen molar-refractivity contribution >= 4 is 23.2 Å². The summed E-state index contributed by atoms with van der Waals surface area (Å²) in [5.41, 5.74) is 1.38. The van der Waals surface area contributed by atoms with Gasteiger partial charge >= 0.3 is 0 Å². The Balaban J connectivity index is 2.12. The molecular weight excluding hydrogens is 256 g/mol. The van der Waals surface area contributed by atoms with Crippen molar-refractivity contribution in [1.82, 2.24) is 0 Å². The number of carbonyl (C=O) groups is 2. The Labute approximate surface area is 118 Å². The molecule has 1 aliphatic rings. The molecule has 0 aliphatic carbocycles. The van der Waals surface area contributed by atoms with Crippen molar-refractivity contribution in [3.05, 3.63) is 24.3 Å². The molecule has 0 aromatic heterocycles. The van der Waals surface area contributed by atoms with Gasteiger partial charge in [-0.1, -0.05) is 12.1 Å². The van der Waals surface area contributed by atoms with Gasteiger partial charge < -0.3 is 15.0 Å². The van der Waals surface area contributed by atoms with Crippen LogP contribution in [0, 0.1) is 5.92 Å². The van der Waals surface area contributed by atoms with Crippen LogP contribution in [-0.2, 0) is 14.3 Å². The minimum Gasteiger partial charge on any atom is -0.381 e. The van der Waals surface area contributed by atoms with Gasteiger partial charge in [-0.3, -0.25) is 9.59 Å². The Morgan fingerprint density at radius 3 is 2.55 bits per heavy atom. The number of rotatable bonds is 3. The molecule has 108 valence electrons. The van der Waals surface area contributed by atoms with Crippen LogP contribution in [0.25, 0.3) is 0 Å². The van der Waals surface area contributed by atoms with Gasteiger partial charge in [0, 0.05) is 33.1 Å². The topological polar surface area (TPSA) is 58.6 Å². The molecule has 5 heteroatoms. The highest BCUT2D eigenvalue weighted by atomic mass is 16.5. The van der Waals surface area contributed by atoms with Crippen LogP contribution in [0.2, 0.25) is 0 Å². The van der Waals surface area contributed by atoms with Crippen molar-refractivity contribution in [3.8, 4) is 0 Å². The number of hydrogen-bond donors (Lipinski definition) is 1. The predicted octanol–water partition coefficient (Wildman–Crippen LogP) is 2.03. The Morgan fingerprint density at radius 1 is 1.25 bits per heavy atom. The summed E-state index contributed by atoms with van der Waals surface area (Å²) < 4.78 is 5.26. The summed E-state index contributed by atoms with van der Waals surface area (Å²) in [6.45, 7) is 2.76. The third kappa shape index (κ3) is 3.36. The van der Waals surface area contributed by atoms with Crippen LogP contribution in [0.15, 0.2) is 24.3 Å². The zero-order valence-electron chi connectivity index (χ0n) is 11.9. The van der Waals surface area contributed by atoms with Gasteiger partial charge in [-0.25, -0.2) is 0 Å². The number of anilines is 2. The lowest BCUT2D eigenvalue weighted by Gasteiger charge is -2.23. The Hall–Kier alpha value is -1.88. The number of benzene rings is 1. The minimum absolute atomic E-state index is 0.00213. The molecule has 1 fully saturated rings. The van der Waals surface area contributed by atoms with E-state index >= 15 is 0 Å². The van der Waals surface area contributed by atoms with Crippen molar-refractivity contribution in [2.75, 3.05) is 30.5 Å². The lowest BCUT2D eigenvalue weighted by atomic mass is 9.99. The van der Waals surface area contributed by atoms with Crippen LogP contribution < -0.4 is 10.2 Å². The van der Waals surface area contributed by atoms with Gasteiger partial charge in [0.1, 0.15) is 0 Å². The summed E-state index contributed by atoms with van der Waals surface area (Å²) in [5, 5.41) is 2.93. The third-order valence-corrected chi connectivity index (χ3v) is 3.59. The van der Waals surface area contributed by atoms with Crippen molar-refractivity contribution in [2.24, 2.45) is 5.92 Å². The fraction of sp³-hybridized carbons (Fsp3) is 0.467. The average molecular weight is 276 g/mol. The fourth-order valence-electron chi connectivity index (χ4n) is 2.24. The van der Waals surface area contributed by atoms with E-state index in [2.05, 4.69) is 5.32 Å². The number of para-hydroxylation sites is 2. The molecule has 1 heterocycles. The lowest BCUT2D eigenvalue weighted by molar-refractivity contribution is -0.122. The number of hydrogen-bond acceptors (Lipinski definition) is 3. The highest BCUT2D eigenvalue weighted by molar-refractivity contribution is 6.00. The first kappa shape index (κ1) is 14.5. The Kier molecular flexibility index (Phi) is 4.74. The molecule has 0 spiro atoms. The molecule has 0 bridgehead atoms. The molecule has 1 aromatic rings. The molecule has 0 unspecified atom stereocenters. The summed E-state index contributed by atoms with van der Waals surface area (Å²) in [7, 11) is 1.70. The van der Waals surface area contributed by atoms with Crippen LogP contribution in [0.1, 0.15) is 19.8 Å². The van der Waals surface area contributed by atoms with E-state index < -0.39 is 0 Å². The second kappa shape index (κ2) is 6.52. The SMILES string of the molecule is CC(=O)N(C)c1ccccc1NC(=O)C1CCOCC1. The monoisotopic (exact) mass is 276 g/mol. The molecule has 2 amide bonds. The van der Waals surface area contributed by atoms with Gasteiger partial charge in [0.05, 0.1) is 11.4 Å². The van der Waals surface area contributed by atoms with E-state index in [1.54, 1.807) is 7.05 Å². The summed E-state index contributed by atoms with van der Waals surface area (Å²) in [6.07, 6.45) is 1.49. The normalized spacial score (nSPS) is 15.7. The largest absolute Gasteiger partial charge is 0.381 e. The second-order valence-corrected chi connectivity index (χ2v) is 4.97. The fourth-order valence-corrected chi connectivity index (χ4v) is 2.24. The number of ether oxygens (including phenoxy) is 1. The molecule has 20 heavy (non-hydrogen) atoms. The van der Waals surface area contributed by atoms with Gasteiger partial charge in [0.25, 0.3) is 0 Å². The van der Waals surface area contributed by atoms with Crippen LogP contribution in [-0.4, -0.2) is 32.1 Å². The molecule has 5 nitrogen and oxygen atoms in total. The standard InChI is InChI=1S/C15H20N2O3/c1-11(18)17(2)14-6-4-3-5-13(14)16-15(19)12-7-9-20-10-8-12/h3-6,12H,7-10H2,1-2H3,(H,16,19). The van der Waals surface area contributed by atoms with Crippen molar-refractivity contribution in [1.29, 1.82) is 0 Å². The van der Waals surface area contributed by atoms with Crippen LogP contribution in [0.4, 0.5) is 11.4 Å². The highest BCUT2D eigenvalue weighted by Crippen LogP contribution is 2.26. The van der Waals surface area contributed by atoms with Gasteiger partial charge in [0.2, 0.25) is 11.8 Å². The van der Waals surface area contributed by atoms with E-state index in [9.17, 15) is 9.59 Å². The predicted molar refractivity (Wildman–Crippen MR) is 77.7 cm³/mol. The molecule has 2 rings (SSSR count). The quantitative estimate of drug-likeness (QED) is 0.919. The summed E-state index contributed by atoms with van der Waals surface area (Å²) >= 11 is 0. The smallest absolute Gasteiger partial charge is 0.227 e. The van der Waals surface area contributed by atoms with Crippen molar-refractivity contribution in [2.45, 2.75) is 19.8 Å². The molecule has 1 aromatic carbocycles. The number of nitrogens with zero attached hydrogens (tertiary/aromatic N) is 1. The molecular formula is C15H20N2O3. The highest BCUT2D eigenvalue weighted by Gasteiger charge is 2.22. The van der Waals surface area contributed by atoms with E-state index in [0.717, 1.165) is 12.8 Å². The molecule has 1 N–H and O–H groups in total. The zero-order valence-corrected chi connectivity index (χ0v) is 11.9. The van der Waals surface area contributed by atoms with Gasteiger partial charge in [-0.2, -0.15) is 0 Å². The Morgan fingerprint density at radius 2 is 1.90 bits per heavy atom. The van der Waals surface area contributed by atoms with Crippen LogP contribution >= 0.6 is 0 Å². The number of carbonyl (C=O) groups excluding carboxylic acids is 2. The van der Waals surface area contributed by atoms with E-state index in [0.29, 0.717) is 24.6 Å². The average Bonchev–Trinajstić information content (AvgIpc) is 2.48. The van der Waals surface area contributed by atoms with E-state index in [1.165, 1.54) is 11.8 Å². The van der Waals surface area contributed by atoms with Crippen LogP contribution in [0.5, 0.6) is 0 Å². The maximum absolute atomic E-state index is 12.2. The third-order valence-electron chi connectivity index (χ3n) is 3.59. The summed E-state index contributed by atoms with van der Waals surface area (Å²) in [5.74, 6) is -0.0880. The molecule has 0 radical (unpaired) electrons. The molecule has 1 aliphatic heterocycles. The summed E-state index contributed by atoms with van der Waals surface area (Å²) in [4.78, 5) is 25.2. The minimum atomic E-state index is -0.0715. The first-order valence-corrected chi connectivity index (χ1v) is 6.81. The van der Waals surface area contributed by atoms with Crippen molar-refractivity contribution in [3.63, 3.8) is 0 Å². The maximum atomic E-state index is 12.2. The maximum Gasteiger partial charge on any atom is 0.227 e. The zero-order chi connectivity index (χ0) is 14.5. The van der Waals surface area contributed by atoms with Gasteiger partial charge in [-0.05, 0) is 25.0 Å². The summed E-state index contributed by atoms with van der Waals surface area (Å²) in [6, 6.07) is 7.32.